The number of carboxylic acids is 1. The van der Waals surface area contributed by atoms with Gasteiger partial charge in [0.25, 0.3) is 0 Å². The largest absolute Gasteiger partial charge is 0.489 e. The number of aliphatic carboxylic acids is 1. The van der Waals surface area contributed by atoms with Crippen LogP contribution in [-0.2, 0) is 17.6 Å². The van der Waals surface area contributed by atoms with Gasteiger partial charge < -0.3 is 14.6 Å². The molecule has 5 nitrogen and oxygen atoms in total. The lowest BCUT2D eigenvalue weighted by molar-refractivity contribution is -0.138. The summed E-state index contributed by atoms with van der Waals surface area (Å²) in [5.41, 5.74) is 1.11. The minimum Gasteiger partial charge on any atom is -0.489 e. The van der Waals surface area contributed by atoms with E-state index in [2.05, 4.69) is 0 Å². The van der Waals surface area contributed by atoms with Gasteiger partial charge in [0, 0.05) is 37.3 Å². The van der Waals surface area contributed by atoms with E-state index in [4.69, 9.17) is 9.47 Å². The predicted octanol–water partition coefficient (Wildman–Crippen LogP) is 5.65. The van der Waals surface area contributed by atoms with Crippen molar-refractivity contribution in [2.24, 2.45) is 0 Å². The molecule has 2 aliphatic rings. The van der Waals surface area contributed by atoms with Gasteiger partial charge in [0.05, 0.1) is 11.1 Å². The Morgan fingerprint density at radius 2 is 2.00 bits per heavy atom. The van der Waals surface area contributed by atoms with Crippen molar-refractivity contribution in [1.82, 2.24) is 4.90 Å². The van der Waals surface area contributed by atoms with E-state index in [9.17, 15) is 27.5 Å². The normalized spacial score (nSPS) is 15.8. The van der Waals surface area contributed by atoms with Crippen molar-refractivity contribution in [3.63, 3.8) is 0 Å². The lowest BCUT2D eigenvalue weighted by atomic mass is 10.0. The summed E-state index contributed by atoms with van der Waals surface area (Å²) >= 11 is 0. The number of carboxylic acid groups (broad SMARTS) is 1. The molecule has 2 aromatic rings. The molecule has 10 heteroatoms. The molecule has 2 aliphatic heterocycles. The van der Waals surface area contributed by atoms with Crippen LogP contribution < -0.4 is 9.47 Å². The molecule has 0 spiro atoms. The lowest BCUT2D eigenvalue weighted by Crippen LogP contribution is -2.35. The highest BCUT2D eigenvalue weighted by Crippen LogP contribution is 2.35. The second-order valence-electron chi connectivity index (χ2n) is 8.38. The van der Waals surface area contributed by atoms with Crippen LogP contribution in [0.15, 0.2) is 47.6 Å². The van der Waals surface area contributed by atoms with Gasteiger partial charge in [-0.3, -0.25) is 4.90 Å². The molecule has 0 saturated heterocycles. The summed E-state index contributed by atoms with van der Waals surface area (Å²) < 4.78 is 65.4. The Bertz CT molecular complexity index is 1180. The van der Waals surface area contributed by atoms with Crippen LogP contribution in [0, 0.1) is 12.7 Å². The van der Waals surface area contributed by atoms with Crippen LogP contribution in [-0.4, -0.2) is 42.2 Å². The zero-order chi connectivity index (χ0) is 24.5. The fourth-order valence-electron chi connectivity index (χ4n) is 4.03. The molecule has 0 aromatic heterocycles. The van der Waals surface area contributed by atoms with Crippen molar-refractivity contribution in [3.05, 3.63) is 75.6 Å². The number of ether oxygens (including phenoxy) is 2. The summed E-state index contributed by atoms with van der Waals surface area (Å²) in [7, 11) is 0. The van der Waals surface area contributed by atoms with E-state index in [1.54, 1.807) is 12.2 Å². The van der Waals surface area contributed by atoms with Crippen molar-refractivity contribution in [1.29, 1.82) is 0 Å². The van der Waals surface area contributed by atoms with Gasteiger partial charge in [0.1, 0.15) is 30.5 Å². The maximum Gasteiger partial charge on any atom is 0.416 e. The van der Waals surface area contributed by atoms with E-state index in [0.29, 0.717) is 37.2 Å². The number of fused-ring (bicyclic) bond motifs is 1. The number of aryl methyl sites for hydroxylation is 1. The van der Waals surface area contributed by atoms with Crippen molar-refractivity contribution >= 4 is 24.5 Å². The maximum absolute atomic E-state index is 14.8. The van der Waals surface area contributed by atoms with Crippen molar-refractivity contribution < 1.29 is 36.9 Å². The topological polar surface area (TPSA) is 59.0 Å². The number of rotatable bonds is 6. The first-order chi connectivity index (χ1) is 16.1. The minimum absolute atomic E-state index is 0. The van der Waals surface area contributed by atoms with Crippen LogP contribution in [0.1, 0.15) is 28.7 Å². The molecule has 4 rings (SSSR count). The first kappa shape index (κ1) is 26.6. The van der Waals surface area contributed by atoms with Gasteiger partial charge in [-0.05, 0) is 42.2 Å². The Balaban J connectivity index is 0.00000342. The van der Waals surface area contributed by atoms with E-state index >= 15 is 0 Å². The van der Waals surface area contributed by atoms with E-state index in [1.807, 2.05) is 4.90 Å². The number of nitrogens with zero attached hydrogens (tertiary/aromatic N) is 1. The highest BCUT2D eigenvalue weighted by molar-refractivity contribution is 5.87. The van der Waals surface area contributed by atoms with Crippen molar-refractivity contribution in [2.45, 2.75) is 26.1 Å². The Labute approximate surface area is 206 Å². The van der Waals surface area contributed by atoms with Gasteiger partial charge in [-0.25, -0.2) is 9.18 Å². The molecule has 0 aliphatic carbocycles. The summed E-state index contributed by atoms with van der Waals surface area (Å²) in [5, 5.41) is 9.19. The quantitative estimate of drug-likeness (QED) is 0.506. The monoisotopic (exact) mass is 513 g/mol. The number of halogens is 5. The van der Waals surface area contributed by atoms with E-state index in [0.717, 1.165) is 11.6 Å². The van der Waals surface area contributed by atoms with Crippen LogP contribution >= 0.6 is 12.4 Å². The van der Waals surface area contributed by atoms with Gasteiger partial charge in [0.15, 0.2) is 0 Å². The van der Waals surface area contributed by atoms with Crippen molar-refractivity contribution in [3.8, 4) is 11.5 Å². The van der Waals surface area contributed by atoms with E-state index in [-0.39, 0.29) is 48.2 Å². The predicted molar refractivity (Wildman–Crippen MR) is 124 cm³/mol. The average molecular weight is 514 g/mol. The van der Waals surface area contributed by atoms with Gasteiger partial charge >= 0.3 is 12.1 Å². The number of carbonyl (C=O) groups is 1. The third-order valence-corrected chi connectivity index (χ3v) is 5.77. The number of alkyl halides is 3. The third-order valence-electron chi connectivity index (χ3n) is 5.77. The molecule has 0 amide bonds. The van der Waals surface area contributed by atoms with E-state index in [1.165, 1.54) is 31.2 Å². The molecular weight excluding hydrogens is 490 g/mol. The molecule has 0 bridgehead atoms. The Kier molecular flexibility index (Phi) is 8.12. The molecule has 0 fully saturated rings. The molecular formula is C25H24ClF4NO4. The molecule has 0 unspecified atom stereocenters. The molecule has 2 heterocycles. The fourth-order valence-corrected chi connectivity index (χ4v) is 4.03. The van der Waals surface area contributed by atoms with Crippen LogP contribution in [0.5, 0.6) is 11.5 Å². The summed E-state index contributed by atoms with van der Waals surface area (Å²) in [6.07, 6.45) is -0.434. The number of hydrogen-bond donors (Lipinski definition) is 1. The molecule has 1 N–H and O–H groups in total. The van der Waals surface area contributed by atoms with Crippen LogP contribution in [0.25, 0.3) is 6.08 Å². The number of hydrogen-bond acceptors (Lipinski definition) is 4. The Hall–Kier alpha value is -3.04. The summed E-state index contributed by atoms with van der Waals surface area (Å²) in [5.74, 6) is -1.09. The summed E-state index contributed by atoms with van der Waals surface area (Å²) in [6, 6.07) is 6.63. The van der Waals surface area contributed by atoms with Crippen molar-refractivity contribution in [2.75, 3.05) is 26.2 Å². The highest BCUT2D eigenvalue weighted by atomic mass is 35.5. The van der Waals surface area contributed by atoms with Gasteiger partial charge in [0.2, 0.25) is 0 Å². The smallest absolute Gasteiger partial charge is 0.416 e. The Morgan fingerprint density at radius 1 is 1.23 bits per heavy atom. The van der Waals surface area contributed by atoms with Crippen LogP contribution in [0.2, 0.25) is 0 Å². The highest BCUT2D eigenvalue weighted by Gasteiger charge is 2.32. The number of benzene rings is 2. The van der Waals surface area contributed by atoms with Gasteiger partial charge in [-0.2, -0.15) is 13.2 Å². The van der Waals surface area contributed by atoms with E-state index < -0.39 is 23.5 Å². The Morgan fingerprint density at radius 3 is 2.71 bits per heavy atom. The zero-order valence-electron chi connectivity index (χ0n) is 18.8. The standard InChI is InChI=1S/C25H23F4NO4.ClH/c1-15-4-5-16(8-21(15)25(27,28)29)13-33-19-9-22(26)20-7-17(14-34-23(20)10-19)11-30-6-2-3-18(12-30)24(31)32;/h3-5,7-10H,2,6,11-14H2,1H3,(H,31,32);1H. The van der Waals surface area contributed by atoms with Gasteiger partial charge in [-0.1, -0.05) is 18.2 Å². The van der Waals surface area contributed by atoms with Crippen LogP contribution in [0.3, 0.4) is 0 Å². The van der Waals surface area contributed by atoms with Crippen LogP contribution in [0.4, 0.5) is 17.6 Å². The van der Waals surface area contributed by atoms with Gasteiger partial charge in [-0.15, -0.1) is 12.4 Å². The maximum atomic E-state index is 14.8. The second kappa shape index (κ2) is 10.7. The first-order valence-corrected chi connectivity index (χ1v) is 10.7. The second-order valence-corrected chi connectivity index (χ2v) is 8.38. The molecule has 0 radical (unpaired) electrons. The first-order valence-electron chi connectivity index (χ1n) is 10.7. The molecule has 2 aromatic carbocycles. The zero-order valence-corrected chi connectivity index (χ0v) is 19.6. The fraction of sp³-hybridized carbons (Fsp3) is 0.320. The summed E-state index contributed by atoms with van der Waals surface area (Å²) in [4.78, 5) is 13.2. The molecule has 35 heavy (non-hydrogen) atoms. The SMILES string of the molecule is Cc1ccc(COc2cc(F)c3c(c2)OCC(CN2CCC=C(C(=O)O)C2)=C3)cc1C(F)(F)F.Cl. The third kappa shape index (κ3) is 6.35. The molecule has 0 atom stereocenters. The molecule has 0 saturated carbocycles. The lowest BCUT2D eigenvalue weighted by Gasteiger charge is -2.28. The minimum atomic E-state index is -4.46. The molecule has 188 valence electrons. The average Bonchev–Trinajstić information content (AvgIpc) is 2.78. The summed E-state index contributed by atoms with van der Waals surface area (Å²) in [6.45, 7) is 2.91.